The number of alkyl halides is 2. The van der Waals surface area contributed by atoms with Crippen LogP contribution in [0.25, 0.3) is 41.8 Å². The van der Waals surface area contributed by atoms with Crippen molar-refractivity contribution in [3.05, 3.63) is 41.8 Å². The van der Waals surface area contributed by atoms with Crippen LogP contribution in [0.5, 0.6) is 0 Å². The van der Waals surface area contributed by atoms with Crippen LogP contribution < -0.4 is 0 Å². The molecule has 0 aromatic rings. The second-order valence-electron chi connectivity index (χ2n) is 6.59. The largest absolute Gasteiger partial charge is 0.390 e. The summed E-state index contributed by atoms with van der Waals surface area (Å²) in [5.41, 5.74) is 34.4. The number of ether oxygens (including phenoxy) is 2. The van der Waals surface area contributed by atoms with E-state index in [0.29, 0.717) is 0 Å². The Kier molecular flexibility index (Phi) is 8.01. The van der Waals surface area contributed by atoms with Gasteiger partial charge in [-0.05, 0) is 28.5 Å². The molecular weight excluding hydrogens is 430 g/mol. The molecule has 17 nitrogen and oxygen atoms in total. The Morgan fingerprint density at radius 2 is 1.55 bits per heavy atom. The molecule has 0 radical (unpaired) electrons. The normalized spacial score (nSPS) is 39.1. The van der Waals surface area contributed by atoms with Crippen molar-refractivity contribution >= 4 is 0 Å². The van der Waals surface area contributed by atoms with E-state index in [1.54, 1.807) is 0 Å². The Morgan fingerprint density at radius 1 is 0.935 bits per heavy atom. The smallest absolute Gasteiger partial charge is 0.289 e. The molecule has 168 valence electrons. The van der Waals surface area contributed by atoms with Crippen LogP contribution in [0.1, 0.15) is 6.42 Å². The Bertz CT molecular complexity index is 853. The maximum absolute atomic E-state index is 14.7. The van der Waals surface area contributed by atoms with Gasteiger partial charge in [0.05, 0.1) is 36.9 Å². The average Bonchev–Trinajstić information content (AvgIpc) is 2.73. The van der Waals surface area contributed by atoms with E-state index >= 15 is 0 Å². The fraction of sp³-hybridized carbons (Fsp3) is 1.00. The molecule has 1 aliphatic carbocycles. The lowest BCUT2D eigenvalue weighted by Crippen LogP contribution is -2.65. The molecule has 0 spiro atoms. The highest BCUT2D eigenvalue weighted by atomic mass is 19.3. The Hall–Kier alpha value is -3.10. The number of nitrogens with zero attached hydrogens (tertiary/aromatic N) is 12. The standard InChI is InChI=1S/C12H16F2N12O5/c13-12(14)9(22-26-18)11(30-5(10(12)29)2-19-23-15)31-8-4(21-25-17)1-3(20-24-16)6(27)7(8)28/h3-11,27-29H,1-2H2/t3?,4?,5-,6+,7-,8-,9?,10-,11-/m1/s1. The molecule has 0 aromatic carbocycles. The van der Waals surface area contributed by atoms with Gasteiger partial charge in [0.15, 0.2) is 12.3 Å². The molecule has 9 atom stereocenters. The molecule has 0 bridgehead atoms. The first-order valence-electron chi connectivity index (χ1n) is 8.59. The SMILES string of the molecule is [N-]=[N+]=NC[C@H]1O[C@H](O[C@@H]2C(N=[N+]=[N-])CC(N=[N+]=[N-])[C@H](O)[C@H]2O)C(N=[N+]=[N-])C(F)(F)[C@@H]1O. The molecule has 1 heterocycles. The number of rotatable bonds is 7. The van der Waals surface area contributed by atoms with Gasteiger partial charge in [0, 0.05) is 19.6 Å². The first-order valence-corrected chi connectivity index (χ1v) is 8.59. The van der Waals surface area contributed by atoms with E-state index < -0.39 is 67.4 Å². The van der Waals surface area contributed by atoms with Crippen LogP contribution in [0, 0.1) is 0 Å². The van der Waals surface area contributed by atoms with Crippen molar-refractivity contribution in [1.82, 2.24) is 0 Å². The Balaban J connectivity index is 2.40. The highest BCUT2D eigenvalue weighted by Crippen LogP contribution is 2.39. The topological polar surface area (TPSA) is 274 Å². The van der Waals surface area contributed by atoms with E-state index in [1.807, 2.05) is 0 Å². The van der Waals surface area contributed by atoms with Gasteiger partial charge >= 0.3 is 0 Å². The van der Waals surface area contributed by atoms with Gasteiger partial charge in [-0.15, -0.1) is 0 Å². The van der Waals surface area contributed by atoms with Gasteiger partial charge in [0.25, 0.3) is 5.92 Å². The third kappa shape index (κ3) is 4.98. The van der Waals surface area contributed by atoms with E-state index in [1.165, 1.54) is 0 Å². The molecule has 2 aliphatic rings. The summed E-state index contributed by atoms with van der Waals surface area (Å²) in [5, 5.41) is 43.0. The third-order valence-electron chi connectivity index (χ3n) is 4.84. The first-order chi connectivity index (χ1) is 14.7. The zero-order chi connectivity index (χ0) is 23.2. The average molecular weight is 446 g/mol. The molecule has 2 fully saturated rings. The maximum atomic E-state index is 14.7. The Morgan fingerprint density at radius 3 is 2.13 bits per heavy atom. The molecular formula is C12H16F2N12O5. The summed E-state index contributed by atoms with van der Waals surface area (Å²) >= 11 is 0. The fourth-order valence-corrected chi connectivity index (χ4v) is 3.34. The zero-order valence-electron chi connectivity index (χ0n) is 15.4. The van der Waals surface area contributed by atoms with Gasteiger partial charge in [-0.3, -0.25) is 0 Å². The fourth-order valence-electron chi connectivity index (χ4n) is 3.34. The van der Waals surface area contributed by atoms with Crippen molar-refractivity contribution < 1.29 is 33.6 Å². The van der Waals surface area contributed by atoms with Crippen LogP contribution in [0.3, 0.4) is 0 Å². The summed E-state index contributed by atoms with van der Waals surface area (Å²) in [6.45, 7) is -0.731. The number of hydrogen-bond donors (Lipinski definition) is 3. The number of hydrogen-bond acceptors (Lipinski definition) is 9. The Labute approximate surface area is 170 Å². The molecule has 2 rings (SSSR count). The van der Waals surface area contributed by atoms with Crippen molar-refractivity contribution in [1.29, 1.82) is 0 Å². The van der Waals surface area contributed by atoms with Gasteiger partial charge < -0.3 is 24.8 Å². The quantitative estimate of drug-likeness (QED) is 0.297. The molecule has 3 N–H and O–H groups in total. The first kappa shape index (κ1) is 24.2. The minimum Gasteiger partial charge on any atom is -0.390 e. The van der Waals surface area contributed by atoms with Crippen molar-refractivity contribution in [2.24, 2.45) is 20.5 Å². The lowest BCUT2D eigenvalue weighted by atomic mass is 9.84. The lowest BCUT2D eigenvalue weighted by Gasteiger charge is -2.46. The highest BCUT2D eigenvalue weighted by molar-refractivity contribution is 5.04. The van der Waals surface area contributed by atoms with Gasteiger partial charge in [0.2, 0.25) is 0 Å². The highest BCUT2D eigenvalue weighted by Gasteiger charge is 2.59. The van der Waals surface area contributed by atoms with Crippen molar-refractivity contribution in [2.45, 2.75) is 67.3 Å². The van der Waals surface area contributed by atoms with Crippen molar-refractivity contribution in [3.63, 3.8) is 0 Å². The van der Waals surface area contributed by atoms with Crippen molar-refractivity contribution in [2.75, 3.05) is 6.54 Å². The van der Waals surface area contributed by atoms with Gasteiger partial charge in [0.1, 0.15) is 12.2 Å². The minimum absolute atomic E-state index is 0.308. The van der Waals surface area contributed by atoms with Crippen LogP contribution >= 0.6 is 0 Å². The summed E-state index contributed by atoms with van der Waals surface area (Å²) in [4.78, 5) is 9.75. The summed E-state index contributed by atoms with van der Waals surface area (Å²) in [6.07, 6.45) is -12.0. The third-order valence-corrected chi connectivity index (χ3v) is 4.84. The van der Waals surface area contributed by atoms with E-state index in [2.05, 4.69) is 40.1 Å². The molecule has 1 aliphatic heterocycles. The molecule has 0 aromatic heterocycles. The minimum atomic E-state index is -4.11. The van der Waals surface area contributed by atoms with E-state index in [-0.39, 0.29) is 6.42 Å². The molecule has 31 heavy (non-hydrogen) atoms. The van der Waals surface area contributed by atoms with Gasteiger partial charge in [-0.25, -0.2) is 8.78 Å². The van der Waals surface area contributed by atoms with Gasteiger partial charge in [-0.2, -0.15) is 0 Å². The molecule has 0 amide bonds. The molecule has 1 saturated carbocycles. The second-order valence-corrected chi connectivity index (χ2v) is 6.59. The van der Waals surface area contributed by atoms with Crippen LogP contribution in [-0.2, 0) is 9.47 Å². The zero-order valence-corrected chi connectivity index (χ0v) is 15.4. The second kappa shape index (κ2) is 10.3. The molecule has 19 heteroatoms. The lowest BCUT2D eigenvalue weighted by molar-refractivity contribution is -0.321. The maximum Gasteiger partial charge on any atom is 0.289 e. The number of halogens is 2. The predicted molar refractivity (Wildman–Crippen MR) is 93.9 cm³/mol. The summed E-state index contributed by atoms with van der Waals surface area (Å²) < 4.78 is 39.8. The van der Waals surface area contributed by atoms with Crippen LogP contribution in [0.2, 0.25) is 0 Å². The summed E-state index contributed by atoms with van der Waals surface area (Å²) in [6, 6.07) is -4.94. The van der Waals surface area contributed by atoms with Gasteiger partial charge in [-0.1, -0.05) is 20.5 Å². The number of aliphatic hydroxyl groups is 3. The van der Waals surface area contributed by atoms with Crippen LogP contribution in [-0.4, -0.2) is 82.7 Å². The molecule has 3 unspecified atom stereocenters. The summed E-state index contributed by atoms with van der Waals surface area (Å²) in [5.74, 6) is -4.11. The van der Waals surface area contributed by atoms with Crippen molar-refractivity contribution in [3.8, 4) is 0 Å². The number of azide groups is 4. The summed E-state index contributed by atoms with van der Waals surface area (Å²) in [7, 11) is 0. The number of aliphatic hydroxyl groups excluding tert-OH is 3. The van der Waals surface area contributed by atoms with E-state index in [9.17, 15) is 24.1 Å². The van der Waals surface area contributed by atoms with Crippen LogP contribution in [0.15, 0.2) is 20.5 Å². The monoisotopic (exact) mass is 446 g/mol. The predicted octanol–water partition coefficient (Wildman–Crippen LogP) is 1.57. The molecule has 1 saturated heterocycles. The van der Waals surface area contributed by atoms with E-state index in [4.69, 9.17) is 31.6 Å². The van der Waals surface area contributed by atoms with Crippen LogP contribution in [0.4, 0.5) is 8.78 Å². The van der Waals surface area contributed by atoms with E-state index in [0.717, 1.165) is 0 Å².